The number of carbonyl (C=O) groups is 2. The molecule has 0 fully saturated rings. The molecule has 7 heteroatoms. The summed E-state index contributed by atoms with van der Waals surface area (Å²) in [6.07, 6.45) is 2.53. The van der Waals surface area contributed by atoms with Gasteiger partial charge in [-0.1, -0.05) is 43.3 Å². The van der Waals surface area contributed by atoms with Crippen LogP contribution in [-0.4, -0.2) is 23.0 Å². The maximum atomic E-state index is 13.2. The normalized spacial score (nSPS) is 12.0. The number of aryl methyl sites for hydroxylation is 1. The molecule has 0 saturated carbocycles. The van der Waals surface area contributed by atoms with E-state index in [4.69, 9.17) is 4.74 Å². The average molecular weight is 424 g/mol. The molecule has 3 aromatic rings. The first-order valence-corrected chi connectivity index (χ1v) is 10.3. The second-order valence-electron chi connectivity index (χ2n) is 6.55. The molecule has 0 aliphatic heterocycles. The fourth-order valence-corrected chi connectivity index (χ4v) is 3.35. The van der Waals surface area contributed by atoms with Gasteiger partial charge in [0.2, 0.25) is 0 Å². The largest absolute Gasteiger partial charge is 0.449 e. The summed E-state index contributed by atoms with van der Waals surface area (Å²) in [4.78, 5) is 28.6. The second kappa shape index (κ2) is 9.93. The van der Waals surface area contributed by atoms with Crippen molar-refractivity contribution in [2.75, 3.05) is 5.32 Å². The van der Waals surface area contributed by atoms with E-state index in [9.17, 15) is 14.0 Å². The van der Waals surface area contributed by atoms with Crippen LogP contribution in [0.25, 0.3) is 17.3 Å². The maximum absolute atomic E-state index is 13.2. The average Bonchev–Trinajstić information content (AvgIpc) is 3.21. The van der Waals surface area contributed by atoms with E-state index in [1.165, 1.54) is 48.1 Å². The zero-order valence-electron chi connectivity index (χ0n) is 16.6. The van der Waals surface area contributed by atoms with Crippen LogP contribution >= 0.6 is 11.3 Å². The van der Waals surface area contributed by atoms with Crippen molar-refractivity contribution >= 4 is 34.4 Å². The second-order valence-corrected chi connectivity index (χ2v) is 7.40. The number of amides is 1. The summed E-state index contributed by atoms with van der Waals surface area (Å²) in [6.45, 7) is 3.57. The Bertz CT molecular complexity index is 1060. The highest BCUT2D eigenvalue weighted by Crippen LogP contribution is 2.25. The van der Waals surface area contributed by atoms with E-state index < -0.39 is 23.8 Å². The summed E-state index contributed by atoms with van der Waals surface area (Å²) in [5, 5.41) is 4.94. The molecule has 30 heavy (non-hydrogen) atoms. The zero-order valence-corrected chi connectivity index (χ0v) is 17.4. The van der Waals surface area contributed by atoms with Gasteiger partial charge in [-0.15, -0.1) is 11.3 Å². The molecular formula is C23H21FN2O3S. The van der Waals surface area contributed by atoms with Crippen LogP contribution in [0.4, 0.5) is 9.52 Å². The lowest BCUT2D eigenvalue weighted by Crippen LogP contribution is -2.29. The van der Waals surface area contributed by atoms with Gasteiger partial charge in [-0.3, -0.25) is 10.1 Å². The van der Waals surface area contributed by atoms with Gasteiger partial charge in [0.1, 0.15) is 5.82 Å². The number of aromatic nitrogens is 1. The van der Waals surface area contributed by atoms with E-state index in [-0.39, 0.29) is 0 Å². The van der Waals surface area contributed by atoms with Gasteiger partial charge in [0.25, 0.3) is 5.91 Å². The summed E-state index contributed by atoms with van der Waals surface area (Å²) < 4.78 is 18.2. The fraction of sp³-hybridized carbons (Fsp3) is 0.174. The van der Waals surface area contributed by atoms with Crippen molar-refractivity contribution < 1.29 is 18.7 Å². The molecule has 1 atom stereocenters. The van der Waals surface area contributed by atoms with E-state index in [0.717, 1.165) is 23.8 Å². The first-order valence-electron chi connectivity index (χ1n) is 9.44. The lowest BCUT2D eigenvalue weighted by atomic mass is 10.1. The number of nitrogens with zero attached hydrogens (tertiary/aromatic N) is 1. The van der Waals surface area contributed by atoms with E-state index in [0.29, 0.717) is 10.7 Å². The van der Waals surface area contributed by atoms with E-state index >= 15 is 0 Å². The molecule has 0 aliphatic carbocycles. The Morgan fingerprint density at radius 2 is 2.00 bits per heavy atom. The number of ether oxygens (including phenoxy) is 1. The number of benzene rings is 2. The Labute approximate surface area is 178 Å². The number of hydrogen-bond donors (Lipinski definition) is 1. The van der Waals surface area contributed by atoms with Crippen molar-refractivity contribution in [3.05, 3.63) is 76.9 Å². The number of halogens is 1. The zero-order chi connectivity index (χ0) is 21.5. The number of nitrogens with one attached hydrogen (secondary N) is 1. The van der Waals surface area contributed by atoms with Crippen LogP contribution < -0.4 is 5.32 Å². The standard InChI is InChI=1S/C23H21FN2O3S/c1-3-16-7-10-18(11-8-16)20-14-30-23(25-20)26-22(28)15(2)29-21(27)12-9-17-5-4-6-19(24)13-17/h4-15H,3H2,1-2H3,(H,25,26,28)/b12-9+/t15-/m1/s1. The van der Waals surface area contributed by atoms with Gasteiger partial charge in [-0.25, -0.2) is 14.2 Å². The minimum atomic E-state index is -1.01. The number of carbonyl (C=O) groups excluding carboxylic acids is 2. The van der Waals surface area contributed by atoms with Crippen LogP contribution in [0.1, 0.15) is 25.0 Å². The van der Waals surface area contributed by atoms with Crippen molar-refractivity contribution in [2.24, 2.45) is 0 Å². The molecule has 1 amide bonds. The quantitative estimate of drug-likeness (QED) is 0.423. The molecule has 1 N–H and O–H groups in total. The van der Waals surface area contributed by atoms with E-state index in [1.54, 1.807) is 6.07 Å². The number of anilines is 1. The predicted octanol–water partition coefficient (Wildman–Crippen LogP) is 5.10. The Balaban J connectivity index is 1.55. The van der Waals surface area contributed by atoms with Gasteiger partial charge >= 0.3 is 5.97 Å². The van der Waals surface area contributed by atoms with Gasteiger partial charge in [-0.05, 0) is 42.7 Å². The summed E-state index contributed by atoms with van der Waals surface area (Å²) in [5.41, 5.74) is 3.49. The molecule has 0 unspecified atom stereocenters. The van der Waals surface area contributed by atoms with Gasteiger partial charge in [0, 0.05) is 17.0 Å². The number of rotatable bonds is 7. The van der Waals surface area contributed by atoms with Crippen LogP contribution in [0.2, 0.25) is 0 Å². The van der Waals surface area contributed by atoms with Crippen molar-refractivity contribution in [3.63, 3.8) is 0 Å². The third-order valence-electron chi connectivity index (χ3n) is 4.31. The van der Waals surface area contributed by atoms with E-state index in [2.05, 4.69) is 17.2 Å². The first-order chi connectivity index (χ1) is 14.4. The summed E-state index contributed by atoms with van der Waals surface area (Å²) in [5.74, 6) is -1.58. The van der Waals surface area contributed by atoms with Gasteiger partial charge in [0.15, 0.2) is 11.2 Å². The third kappa shape index (κ3) is 5.84. The van der Waals surface area contributed by atoms with Gasteiger partial charge in [0.05, 0.1) is 5.69 Å². The molecule has 0 saturated heterocycles. The Hall–Kier alpha value is -3.32. The van der Waals surface area contributed by atoms with Crippen molar-refractivity contribution in [1.82, 2.24) is 4.98 Å². The van der Waals surface area contributed by atoms with Gasteiger partial charge in [-0.2, -0.15) is 0 Å². The summed E-state index contributed by atoms with van der Waals surface area (Å²) in [7, 11) is 0. The highest BCUT2D eigenvalue weighted by molar-refractivity contribution is 7.14. The molecular weight excluding hydrogens is 403 g/mol. The highest BCUT2D eigenvalue weighted by atomic mass is 32.1. The molecule has 154 valence electrons. The van der Waals surface area contributed by atoms with Crippen molar-refractivity contribution in [1.29, 1.82) is 0 Å². The summed E-state index contributed by atoms with van der Waals surface area (Å²) in [6, 6.07) is 13.9. The predicted molar refractivity (Wildman–Crippen MR) is 117 cm³/mol. The topological polar surface area (TPSA) is 68.3 Å². The Kier molecular flexibility index (Phi) is 7.08. The molecule has 5 nitrogen and oxygen atoms in total. The lowest BCUT2D eigenvalue weighted by Gasteiger charge is -2.10. The molecule has 0 aliphatic rings. The molecule has 0 bridgehead atoms. The smallest absolute Gasteiger partial charge is 0.331 e. The van der Waals surface area contributed by atoms with E-state index in [1.807, 2.05) is 29.6 Å². The summed E-state index contributed by atoms with van der Waals surface area (Å²) >= 11 is 1.29. The molecule has 2 aromatic carbocycles. The number of thiazole rings is 1. The minimum Gasteiger partial charge on any atom is -0.449 e. The first kappa shape index (κ1) is 21.4. The fourth-order valence-electron chi connectivity index (χ4n) is 2.62. The molecule has 0 spiro atoms. The van der Waals surface area contributed by atoms with Crippen molar-refractivity contribution in [3.8, 4) is 11.3 Å². The van der Waals surface area contributed by atoms with Crippen molar-refractivity contribution in [2.45, 2.75) is 26.4 Å². The van der Waals surface area contributed by atoms with Gasteiger partial charge < -0.3 is 4.74 Å². The molecule has 1 aromatic heterocycles. The monoisotopic (exact) mass is 424 g/mol. The maximum Gasteiger partial charge on any atom is 0.331 e. The minimum absolute atomic E-state index is 0.401. The highest BCUT2D eigenvalue weighted by Gasteiger charge is 2.18. The third-order valence-corrected chi connectivity index (χ3v) is 5.07. The molecule has 3 rings (SSSR count). The molecule has 0 radical (unpaired) electrons. The van der Waals surface area contributed by atoms with Crippen LogP contribution in [-0.2, 0) is 20.7 Å². The number of esters is 1. The number of hydrogen-bond acceptors (Lipinski definition) is 5. The van der Waals surface area contributed by atoms with Crippen LogP contribution in [0.3, 0.4) is 0 Å². The van der Waals surface area contributed by atoms with Crippen LogP contribution in [0.15, 0.2) is 60.0 Å². The SMILES string of the molecule is CCc1ccc(-c2csc(NC(=O)[C@@H](C)OC(=O)/C=C/c3cccc(F)c3)n2)cc1. The lowest BCUT2D eigenvalue weighted by molar-refractivity contribution is -0.148. The Morgan fingerprint density at radius 3 is 2.70 bits per heavy atom. The van der Waals surface area contributed by atoms with Crippen LogP contribution in [0.5, 0.6) is 0 Å². The Morgan fingerprint density at radius 1 is 1.23 bits per heavy atom. The van der Waals surface area contributed by atoms with Crippen LogP contribution in [0, 0.1) is 5.82 Å². The molecule has 1 heterocycles.